The quantitative estimate of drug-likeness (QED) is 0.800. The fraction of sp³-hybridized carbons (Fsp3) is 0.550. The standard InChI is InChI=1S/C20H28N6O2S/c1-16-14-19(24-20(22-16)23-17-6-3-2-4-7-17)25-10-12-26(13-11-25)29(27,28)18-8-5-9-21-15-18/h5,8-9,14-15,17H,2-4,6-7,10-13H2,1H3,(H,22,23,24). The highest BCUT2D eigenvalue weighted by molar-refractivity contribution is 7.89. The zero-order valence-corrected chi connectivity index (χ0v) is 17.6. The Balaban J connectivity index is 1.43. The Morgan fingerprint density at radius 2 is 1.83 bits per heavy atom. The molecule has 9 heteroatoms. The van der Waals surface area contributed by atoms with Crippen molar-refractivity contribution in [3.05, 3.63) is 36.3 Å². The summed E-state index contributed by atoms with van der Waals surface area (Å²) in [7, 11) is -3.50. The molecular weight excluding hydrogens is 388 g/mol. The van der Waals surface area contributed by atoms with Gasteiger partial charge in [0.1, 0.15) is 10.7 Å². The molecule has 0 unspecified atom stereocenters. The highest BCUT2D eigenvalue weighted by Gasteiger charge is 2.29. The zero-order valence-electron chi connectivity index (χ0n) is 16.8. The van der Waals surface area contributed by atoms with E-state index in [4.69, 9.17) is 4.98 Å². The lowest BCUT2D eigenvalue weighted by molar-refractivity contribution is 0.383. The van der Waals surface area contributed by atoms with Crippen molar-refractivity contribution in [2.75, 3.05) is 36.4 Å². The molecule has 0 atom stereocenters. The van der Waals surface area contributed by atoms with Crippen molar-refractivity contribution in [2.24, 2.45) is 0 Å². The maximum Gasteiger partial charge on any atom is 0.244 e. The summed E-state index contributed by atoms with van der Waals surface area (Å²) < 4.78 is 27.1. The van der Waals surface area contributed by atoms with Gasteiger partial charge in [-0.3, -0.25) is 4.98 Å². The first-order chi connectivity index (χ1) is 14.0. The van der Waals surface area contributed by atoms with E-state index in [1.807, 2.05) is 13.0 Å². The normalized spacial score (nSPS) is 19.3. The molecule has 0 radical (unpaired) electrons. The van der Waals surface area contributed by atoms with Gasteiger partial charge in [0.25, 0.3) is 0 Å². The summed E-state index contributed by atoms with van der Waals surface area (Å²) in [5.41, 5.74) is 0.915. The van der Waals surface area contributed by atoms with Crippen molar-refractivity contribution in [1.29, 1.82) is 0 Å². The molecular formula is C20H28N6O2S. The Bertz CT molecular complexity index is 923. The van der Waals surface area contributed by atoms with Gasteiger partial charge in [0.05, 0.1) is 0 Å². The molecule has 2 fully saturated rings. The van der Waals surface area contributed by atoms with Crippen LogP contribution in [0.4, 0.5) is 11.8 Å². The van der Waals surface area contributed by atoms with Crippen molar-refractivity contribution in [3.8, 4) is 0 Å². The van der Waals surface area contributed by atoms with E-state index in [1.54, 1.807) is 18.3 Å². The second kappa shape index (κ2) is 8.62. The SMILES string of the molecule is Cc1cc(N2CCN(S(=O)(=O)c3cccnc3)CC2)nc(NC2CCCCC2)n1. The number of pyridine rings is 1. The van der Waals surface area contributed by atoms with E-state index in [9.17, 15) is 8.42 Å². The second-order valence-corrected chi connectivity index (χ2v) is 9.69. The average molecular weight is 417 g/mol. The van der Waals surface area contributed by atoms with Crippen LogP contribution >= 0.6 is 0 Å². The topological polar surface area (TPSA) is 91.3 Å². The molecule has 1 saturated heterocycles. The van der Waals surface area contributed by atoms with Crippen LogP contribution in [0.25, 0.3) is 0 Å². The summed E-state index contributed by atoms with van der Waals surface area (Å²) in [5, 5.41) is 3.49. The smallest absolute Gasteiger partial charge is 0.244 e. The maximum atomic E-state index is 12.8. The number of piperazine rings is 1. The molecule has 0 amide bonds. The first-order valence-corrected chi connectivity index (χ1v) is 11.7. The largest absolute Gasteiger partial charge is 0.354 e. The monoisotopic (exact) mass is 416 g/mol. The van der Waals surface area contributed by atoms with Gasteiger partial charge in [-0.05, 0) is 31.9 Å². The van der Waals surface area contributed by atoms with Gasteiger partial charge in [-0.2, -0.15) is 9.29 Å². The first-order valence-electron chi connectivity index (χ1n) is 10.3. The van der Waals surface area contributed by atoms with Crippen LogP contribution in [-0.4, -0.2) is 59.9 Å². The van der Waals surface area contributed by atoms with E-state index in [2.05, 4.69) is 20.2 Å². The van der Waals surface area contributed by atoms with Gasteiger partial charge in [0, 0.05) is 56.4 Å². The summed E-state index contributed by atoms with van der Waals surface area (Å²) in [6.45, 7) is 4.01. The van der Waals surface area contributed by atoms with Gasteiger partial charge in [-0.1, -0.05) is 19.3 Å². The lowest BCUT2D eigenvalue weighted by Crippen LogP contribution is -2.49. The van der Waals surface area contributed by atoms with Gasteiger partial charge in [-0.25, -0.2) is 13.4 Å². The Morgan fingerprint density at radius 3 is 2.52 bits per heavy atom. The van der Waals surface area contributed by atoms with Crippen molar-refractivity contribution in [2.45, 2.75) is 50.0 Å². The summed E-state index contributed by atoms with van der Waals surface area (Å²) >= 11 is 0. The molecule has 3 heterocycles. The molecule has 1 N–H and O–H groups in total. The zero-order chi connectivity index (χ0) is 20.3. The van der Waals surface area contributed by atoms with Gasteiger partial charge in [-0.15, -0.1) is 0 Å². The van der Waals surface area contributed by atoms with Crippen LogP contribution in [-0.2, 0) is 10.0 Å². The van der Waals surface area contributed by atoms with Crippen LogP contribution in [0.5, 0.6) is 0 Å². The van der Waals surface area contributed by atoms with Crippen molar-refractivity contribution >= 4 is 21.8 Å². The molecule has 2 aromatic rings. The molecule has 156 valence electrons. The van der Waals surface area contributed by atoms with Gasteiger partial charge >= 0.3 is 0 Å². The van der Waals surface area contributed by atoms with E-state index < -0.39 is 10.0 Å². The molecule has 4 rings (SSSR count). The minimum Gasteiger partial charge on any atom is -0.354 e. The van der Waals surface area contributed by atoms with Crippen LogP contribution in [0.15, 0.2) is 35.5 Å². The third kappa shape index (κ3) is 4.67. The summed E-state index contributed by atoms with van der Waals surface area (Å²) in [4.78, 5) is 15.6. The molecule has 2 aliphatic rings. The number of hydrogen-bond donors (Lipinski definition) is 1. The Hall–Kier alpha value is -2.26. The van der Waals surface area contributed by atoms with Crippen molar-refractivity contribution < 1.29 is 8.42 Å². The maximum absolute atomic E-state index is 12.8. The lowest BCUT2D eigenvalue weighted by atomic mass is 9.96. The number of rotatable bonds is 5. The Kier molecular flexibility index (Phi) is 5.96. The minimum absolute atomic E-state index is 0.241. The second-order valence-electron chi connectivity index (χ2n) is 7.75. The molecule has 0 bridgehead atoms. The number of aromatic nitrogens is 3. The minimum atomic E-state index is -3.50. The Labute approximate surface area is 172 Å². The van der Waals surface area contributed by atoms with Gasteiger partial charge in [0.15, 0.2) is 0 Å². The predicted molar refractivity (Wildman–Crippen MR) is 112 cm³/mol. The lowest BCUT2D eigenvalue weighted by Gasteiger charge is -2.35. The van der Waals surface area contributed by atoms with Crippen LogP contribution in [0.2, 0.25) is 0 Å². The number of nitrogens with one attached hydrogen (secondary N) is 1. The van der Waals surface area contributed by atoms with Crippen LogP contribution < -0.4 is 10.2 Å². The number of anilines is 2. The molecule has 0 aromatic carbocycles. The molecule has 2 aromatic heterocycles. The van der Waals surface area contributed by atoms with Crippen LogP contribution in [0.3, 0.4) is 0 Å². The highest BCUT2D eigenvalue weighted by atomic mass is 32.2. The van der Waals surface area contributed by atoms with E-state index in [1.165, 1.54) is 29.8 Å². The van der Waals surface area contributed by atoms with Crippen LogP contribution in [0.1, 0.15) is 37.8 Å². The molecule has 1 saturated carbocycles. The average Bonchev–Trinajstić information content (AvgIpc) is 2.75. The van der Waals surface area contributed by atoms with Gasteiger partial charge < -0.3 is 10.2 Å². The highest BCUT2D eigenvalue weighted by Crippen LogP contribution is 2.23. The van der Waals surface area contributed by atoms with E-state index in [-0.39, 0.29) is 4.90 Å². The molecule has 8 nitrogen and oxygen atoms in total. The van der Waals surface area contributed by atoms with Gasteiger partial charge in [0.2, 0.25) is 16.0 Å². The van der Waals surface area contributed by atoms with E-state index >= 15 is 0 Å². The third-order valence-electron chi connectivity index (χ3n) is 5.61. The number of sulfonamides is 1. The number of aryl methyl sites for hydroxylation is 1. The Morgan fingerprint density at radius 1 is 1.07 bits per heavy atom. The number of nitrogens with zero attached hydrogens (tertiary/aromatic N) is 5. The van der Waals surface area contributed by atoms with E-state index in [0.717, 1.165) is 24.4 Å². The summed E-state index contributed by atoms with van der Waals surface area (Å²) in [6.07, 6.45) is 9.12. The fourth-order valence-corrected chi connectivity index (χ4v) is 5.40. The number of hydrogen-bond acceptors (Lipinski definition) is 7. The third-order valence-corrected chi connectivity index (χ3v) is 7.50. The van der Waals surface area contributed by atoms with Crippen molar-refractivity contribution in [1.82, 2.24) is 19.3 Å². The molecule has 1 aliphatic heterocycles. The van der Waals surface area contributed by atoms with Crippen LogP contribution in [0, 0.1) is 6.92 Å². The summed E-state index contributed by atoms with van der Waals surface area (Å²) in [5.74, 6) is 1.53. The fourth-order valence-electron chi connectivity index (χ4n) is 4.01. The molecule has 0 spiro atoms. The van der Waals surface area contributed by atoms with Crippen molar-refractivity contribution in [3.63, 3.8) is 0 Å². The van der Waals surface area contributed by atoms with E-state index in [0.29, 0.717) is 38.2 Å². The molecule has 29 heavy (non-hydrogen) atoms. The summed E-state index contributed by atoms with van der Waals surface area (Å²) in [6, 6.07) is 5.65. The first kappa shape index (κ1) is 20.0. The predicted octanol–water partition coefficient (Wildman–Crippen LogP) is 2.44. The molecule has 1 aliphatic carbocycles.